The first-order chi connectivity index (χ1) is 53.0. The predicted octanol–water partition coefficient (Wildman–Crippen LogP) is 27.9. The molecule has 3 N–H and O–H groups in total. The van der Waals surface area contributed by atoms with E-state index in [2.05, 4.69) is 34.6 Å². The molecule has 0 rings (SSSR count). The van der Waals surface area contributed by atoms with Crippen molar-refractivity contribution in [3.05, 3.63) is 0 Å². The summed E-state index contributed by atoms with van der Waals surface area (Å²) in [7, 11) is -9.93. The number of phosphoric ester groups is 2. The highest BCUT2D eigenvalue weighted by atomic mass is 31.2. The number of ether oxygens (including phenoxy) is 4. The average molecular weight is 1590 g/mol. The summed E-state index contributed by atoms with van der Waals surface area (Å²) in [6.07, 6.45) is 78.1. The van der Waals surface area contributed by atoms with Crippen LogP contribution in [-0.4, -0.2) is 96.7 Å². The molecule has 0 aliphatic heterocycles. The van der Waals surface area contributed by atoms with Gasteiger partial charge in [0.1, 0.15) is 19.3 Å². The summed E-state index contributed by atoms with van der Waals surface area (Å²) in [5.74, 6) is -1.39. The van der Waals surface area contributed by atoms with Crippen LogP contribution in [0.3, 0.4) is 0 Å². The van der Waals surface area contributed by atoms with E-state index in [9.17, 15) is 43.2 Å². The van der Waals surface area contributed by atoms with Crippen molar-refractivity contribution in [1.29, 1.82) is 0 Å². The van der Waals surface area contributed by atoms with E-state index in [4.69, 9.17) is 37.0 Å². The van der Waals surface area contributed by atoms with Crippen LogP contribution < -0.4 is 0 Å². The summed E-state index contributed by atoms with van der Waals surface area (Å²) in [4.78, 5) is 73.3. The lowest BCUT2D eigenvalue weighted by Crippen LogP contribution is -2.30. The summed E-state index contributed by atoms with van der Waals surface area (Å²) in [5, 5.41) is 10.7. The summed E-state index contributed by atoms with van der Waals surface area (Å²) >= 11 is 0. The van der Waals surface area contributed by atoms with Crippen molar-refractivity contribution in [3.63, 3.8) is 0 Å². The third-order valence-electron chi connectivity index (χ3n) is 21.3. The molecule has 0 radical (unpaired) electrons. The summed E-state index contributed by atoms with van der Waals surface area (Å²) in [6, 6.07) is 0. The van der Waals surface area contributed by atoms with E-state index < -0.39 is 97.5 Å². The predicted molar refractivity (Wildman–Crippen MR) is 451 cm³/mol. The minimum absolute atomic E-state index is 0.108. The zero-order valence-corrected chi connectivity index (χ0v) is 73.5. The van der Waals surface area contributed by atoms with Crippen molar-refractivity contribution in [1.82, 2.24) is 0 Å². The molecular weight excluding hydrogens is 1410 g/mol. The molecule has 0 bridgehead atoms. The highest BCUT2D eigenvalue weighted by Crippen LogP contribution is 2.45. The van der Waals surface area contributed by atoms with Gasteiger partial charge in [-0.15, -0.1) is 0 Å². The SMILES string of the molecule is CCCCCCCCCCCCCCCCCCCCCCCC(=O)OC[C@H](COP(=O)(O)OC[C@@H](O)COP(=O)(O)OC[C@@H](COC(=O)CCCCCCCCCC(C)C)OC(=O)CCCCCCCCCCCCCCCCCCC)OC(=O)CCCCCCCCCCCCCCCCCCCCCCC. The van der Waals surface area contributed by atoms with Crippen molar-refractivity contribution in [2.75, 3.05) is 39.6 Å². The van der Waals surface area contributed by atoms with Gasteiger partial charge in [0.05, 0.1) is 26.4 Å². The lowest BCUT2D eigenvalue weighted by atomic mass is 10.0. The molecule has 0 spiro atoms. The van der Waals surface area contributed by atoms with Crippen LogP contribution in [0.4, 0.5) is 0 Å². The van der Waals surface area contributed by atoms with E-state index in [0.717, 1.165) is 96.3 Å². The fraction of sp³-hybridized carbons (Fsp3) is 0.956. The molecule has 0 heterocycles. The number of aliphatic hydroxyl groups is 1. The average Bonchev–Trinajstić information content (AvgIpc) is 0.899. The Bertz CT molecular complexity index is 2070. The van der Waals surface area contributed by atoms with Crippen LogP contribution in [0.5, 0.6) is 0 Å². The molecule has 648 valence electrons. The molecule has 0 aliphatic rings. The van der Waals surface area contributed by atoms with Crippen molar-refractivity contribution < 1.29 is 80.2 Å². The number of phosphoric acid groups is 2. The number of unbranched alkanes of at least 4 members (excludes halogenated alkanes) is 62. The Kier molecular flexibility index (Phi) is 81.1. The Morgan fingerprint density at radius 1 is 0.248 bits per heavy atom. The van der Waals surface area contributed by atoms with Gasteiger partial charge in [-0.1, -0.05) is 439 Å². The van der Waals surface area contributed by atoms with Gasteiger partial charge in [-0.2, -0.15) is 0 Å². The maximum atomic E-state index is 13.2. The van der Waals surface area contributed by atoms with Crippen molar-refractivity contribution in [2.24, 2.45) is 5.92 Å². The number of rotatable bonds is 90. The number of carbonyl (C=O) groups excluding carboxylic acids is 4. The van der Waals surface area contributed by atoms with Crippen molar-refractivity contribution in [3.8, 4) is 0 Å². The van der Waals surface area contributed by atoms with Gasteiger partial charge in [-0.25, -0.2) is 9.13 Å². The summed E-state index contributed by atoms with van der Waals surface area (Å²) < 4.78 is 69.0. The fourth-order valence-electron chi connectivity index (χ4n) is 14.2. The van der Waals surface area contributed by atoms with Gasteiger partial charge < -0.3 is 33.8 Å². The van der Waals surface area contributed by atoms with Gasteiger partial charge in [0.15, 0.2) is 12.2 Å². The van der Waals surface area contributed by atoms with E-state index in [1.54, 1.807) is 0 Å². The second-order valence-corrected chi connectivity index (χ2v) is 35.7. The topological polar surface area (TPSA) is 237 Å². The highest BCUT2D eigenvalue weighted by Gasteiger charge is 2.31. The van der Waals surface area contributed by atoms with Crippen LogP contribution in [0.15, 0.2) is 0 Å². The molecule has 0 saturated carbocycles. The van der Waals surface area contributed by atoms with Crippen LogP contribution in [0.25, 0.3) is 0 Å². The Balaban J connectivity index is 5.21. The maximum Gasteiger partial charge on any atom is 0.472 e. The van der Waals surface area contributed by atoms with Crippen LogP contribution in [-0.2, 0) is 65.4 Å². The van der Waals surface area contributed by atoms with E-state index in [-0.39, 0.29) is 25.7 Å². The molecule has 17 nitrogen and oxygen atoms in total. The number of hydrogen-bond acceptors (Lipinski definition) is 15. The van der Waals surface area contributed by atoms with Crippen LogP contribution >= 0.6 is 15.6 Å². The lowest BCUT2D eigenvalue weighted by molar-refractivity contribution is -0.161. The zero-order valence-electron chi connectivity index (χ0n) is 71.7. The van der Waals surface area contributed by atoms with Crippen molar-refractivity contribution >= 4 is 39.5 Å². The molecule has 2 unspecified atom stereocenters. The van der Waals surface area contributed by atoms with Gasteiger partial charge >= 0.3 is 39.5 Å². The van der Waals surface area contributed by atoms with Gasteiger partial charge in [0.25, 0.3) is 0 Å². The van der Waals surface area contributed by atoms with E-state index in [1.165, 1.54) is 308 Å². The van der Waals surface area contributed by atoms with E-state index in [1.807, 2.05) is 0 Å². The quantitative estimate of drug-likeness (QED) is 0.0222. The van der Waals surface area contributed by atoms with Gasteiger partial charge in [-0.3, -0.25) is 37.3 Å². The monoisotopic (exact) mass is 1590 g/mol. The molecule has 0 aromatic carbocycles. The number of carbonyl (C=O) groups is 4. The highest BCUT2D eigenvalue weighted by molar-refractivity contribution is 7.47. The maximum absolute atomic E-state index is 13.2. The van der Waals surface area contributed by atoms with E-state index >= 15 is 0 Å². The fourth-order valence-corrected chi connectivity index (χ4v) is 15.8. The summed E-state index contributed by atoms with van der Waals surface area (Å²) in [5.41, 5.74) is 0. The molecule has 0 aromatic rings. The number of hydrogen-bond donors (Lipinski definition) is 3. The smallest absolute Gasteiger partial charge is 0.462 e. The Labute approximate surface area is 670 Å². The standard InChI is InChI=1S/C90H176O17P2/c1-6-9-12-15-18-21-24-27-30-33-35-37-39-42-44-47-50-53-58-63-68-73-87(92)100-79-85(106-89(94)75-71-66-60-55-52-49-46-43-40-38-36-34-31-28-25-22-19-16-13-10-7-2)81-104-108(96,97)102-77-84(91)78-103-109(98,99)105-82-86(80-101-88(93)74-69-64-61-56-57-62-67-72-83(4)5)107-90(95)76-70-65-59-54-51-48-45-41-32-29-26-23-20-17-14-11-8-3/h83-86,91H,6-82H2,1-5H3,(H,96,97)(H,98,99)/t84-,85-,86-/m1/s1. The molecule has 0 aromatic heterocycles. The molecular formula is C90H176O17P2. The second-order valence-electron chi connectivity index (χ2n) is 32.8. The first kappa shape index (κ1) is 107. The number of esters is 4. The van der Waals surface area contributed by atoms with Gasteiger partial charge in [-0.05, 0) is 31.6 Å². The van der Waals surface area contributed by atoms with Crippen molar-refractivity contribution in [2.45, 2.75) is 509 Å². The Hall–Kier alpha value is -1.94. The normalized spacial score (nSPS) is 13.7. The van der Waals surface area contributed by atoms with Crippen LogP contribution in [0, 0.1) is 5.92 Å². The third-order valence-corrected chi connectivity index (χ3v) is 23.2. The van der Waals surface area contributed by atoms with Crippen LogP contribution in [0.1, 0.15) is 490 Å². The minimum atomic E-state index is -4.97. The molecule has 0 aliphatic carbocycles. The Morgan fingerprint density at radius 3 is 0.624 bits per heavy atom. The molecule has 19 heteroatoms. The molecule has 0 saturated heterocycles. The van der Waals surface area contributed by atoms with Gasteiger partial charge in [0, 0.05) is 25.7 Å². The van der Waals surface area contributed by atoms with Crippen LogP contribution in [0.2, 0.25) is 0 Å². The first-order valence-electron chi connectivity index (χ1n) is 46.6. The molecule has 0 amide bonds. The second kappa shape index (κ2) is 82.6. The van der Waals surface area contributed by atoms with Gasteiger partial charge in [0.2, 0.25) is 0 Å². The largest absolute Gasteiger partial charge is 0.472 e. The molecule has 0 fully saturated rings. The first-order valence-corrected chi connectivity index (χ1v) is 49.6. The summed E-state index contributed by atoms with van der Waals surface area (Å²) in [6.45, 7) is 7.33. The van der Waals surface area contributed by atoms with E-state index in [0.29, 0.717) is 31.6 Å². The Morgan fingerprint density at radius 2 is 0.422 bits per heavy atom. The number of aliphatic hydroxyl groups excluding tert-OH is 1. The zero-order chi connectivity index (χ0) is 79.7. The minimum Gasteiger partial charge on any atom is -0.462 e. The third kappa shape index (κ3) is 83.8. The molecule has 109 heavy (non-hydrogen) atoms. The lowest BCUT2D eigenvalue weighted by Gasteiger charge is -2.21. The molecule has 5 atom stereocenters.